The van der Waals surface area contributed by atoms with Crippen molar-refractivity contribution in [2.45, 2.75) is 6.92 Å². The van der Waals surface area contributed by atoms with Gasteiger partial charge in [0, 0.05) is 28.6 Å². The molecule has 0 atom stereocenters. The molecule has 2 heterocycles. The van der Waals surface area contributed by atoms with Crippen molar-refractivity contribution in [3.05, 3.63) is 52.9 Å². The average Bonchev–Trinajstić information content (AvgIpc) is 2.72. The number of benzene rings is 1. The lowest BCUT2D eigenvalue weighted by molar-refractivity contribution is 1.08. The normalized spacial score (nSPS) is 10.9. The highest BCUT2D eigenvalue weighted by molar-refractivity contribution is 9.10. The summed E-state index contributed by atoms with van der Waals surface area (Å²) >= 11 is 3.42. The van der Waals surface area contributed by atoms with Crippen molar-refractivity contribution in [2.24, 2.45) is 0 Å². The van der Waals surface area contributed by atoms with Gasteiger partial charge in [-0.05, 0) is 24.6 Å². The maximum atomic E-state index is 4.49. The van der Waals surface area contributed by atoms with Gasteiger partial charge in [-0.2, -0.15) is 0 Å². The summed E-state index contributed by atoms with van der Waals surface area (Å²) < 4.78 is 3.02. The minimum absolute atomic E-state index is 0.730. The van der Waals surface area contributed by atoms with Gasteiger partial charge >= 0.3 is 0 Å². The summed E-state index contributed by atoms with van der Waals surface area (Å²) in [6, 6.07) is 8.10. The first-order chi connectivity index (χ1) is 8.22. The highest BCUT2D eigenvalue weighted by Gasteiger charge is 2.04. The largest absolute Gasteiger partial charge is 0.290 e. The molecule has 0 unspecified atom stereocenters. The second-order valence-corrected chi connectivity index (χ2v) is 4.89. The van der Waals surface area contributed by atoms with Gasteiger partial charge in [0.1, 0.15) is 0 Å². The van der Waals surface area contributed by atoms with E-state index in [9.17, 15) is 0 Å². The van der Waals surface area contributed by atoms with Gasteiger partial charge in [-0.25, -0.2) is 9.97 Å². The minimum Gasteiger partial charge on any atom is -0.290 e. The van der Waals surface area contributed by atoms with E-state index in [0.29, 0.717) is 0 Å². The Labute approximate surface area is 107 Å². The van der Waals surface area contributed by atoms with E-state index >= 15 is 0 Å². The van der Waals surface area contributed by atoms with Gasteiger partial charge in [-0.1, -0.05) is 28.1 Å². The molecule has 3 rings (SSSR count). The Morgan fingerprint density at radius 1 is 1.12 bits per heavy atom. The molecule has 0 saturated carbocycles. The molecule has 0 aliphatic carbocycles. The van der Waals surface area contributed by atoms with E-state index in [4.69, 9.17) is 0 Å². The molecule has 0 amide bonds. The molecule has 0 fully saturated rings. The number of halogens is 1. The summed E-state index contributed by atoms with van der Waals surface area (Å²) in [5, 5.41) is 0. The van der Waals surface area contributed by atoms with Crippen molar-refractivity contribution < 1.29 is 0 Å². The molecule has 3 aromatic rings. The quantitative estimate of drug-likeness (QED) is 0.686. The molecule has 2 aromatic heterocycles. The Balaban J connectivity index is 2.14. The van der Waals surface area contributed by atoms with Gasteiger partial charge in [-0.15, -0.1) is 0 Å². The van der Waals surface area contributed by atoms with Crippen LogP contribution in [0, 0.1) is 6.92 Å². The SMILES string of the molecule is Cc1cnc2nc(-c3ccc(Br)cc3)cn2c1. The van der Waals surface area contributed by atoms with Crippen LogP contribution in [0.25, 0.3) is 17.0 Å². The average molecular weight is 288 g/mol. The molecule has 4 heteroatoms. The highest BCUT2D eigenvalue weighted by atomic mass is 79.9. The second kappa shape index (κ2) is 3.96. The smallest absolute Gasteiger partial charge is 0.234 e. The maximum Gasteiger partial charge on any atom is 0.234 e. The Bertz CT molecular complexity index is 671. The lowest BCUT2D eigenvalue weighted by atomic mass is 10.2. The van der Waals surface area contributed by atoms with Gasteiger partial charge in [0.05, 0.1) is 5.69 Å². The molecule has 0 spiro atoms. The van der Waals surface area contributed by atoms with Crippen LogP contribution in [0.2, 0.25) is 0 Å². The standard InChI is InChI=1S/C13H10BrN3/c1-9-6-15-13-16-12(8-17(13)7-9)10-2-4-11(14)5-3-10/h2-8H,1H3. The first-order valence-electron chi connectivity index (χ1n) is 5.30. The van der Waals surface area contributed by atoms with Gasteiger partial charge in [0.25, 0.3) is 0 Å². The van der Waals surface area contributed by atoms with Crippen LogP contribution in [-0.4, -0.2) is 14.4 Å². The second-order valence-electron chi connectivity index (χ2n) is 3.97. The van der Waals surface area contributed by atoms with Crippen LogP contribution in [0.4, 0.5) is 0 Å². The summed E-state index contributed by atoms with van der Waals surface area (Å²) in [6.45, 7) is 2.02. The van der Waals surface area contributed by atoms with Crippen molar-refractivity contribution in [1.82, 2.24) is 14.4 Å². The summed E-state index contributed by atoms with van der Waals surface area (Å²) in [5.74, 6) is 0.730. The summed E-state index contributed by atoms with van der Waals surface area (Å²) in [4.78, 5) is 8.78. The van der Waals surface area contributed by atoms with Crippen LogP contribution in [0.5, 0.6) is 0 Å². The zero-order valence-electron chi connectivity index (χ0n) is 9.26. The number of hydrogen-bond donors (Lipinski definition) is 0. The lowest BCUT2D eigenvalue weighted by Crippen LogP contribution is -1.87. The molecular weight excluding hydrogens is 278 g/mol. The van der Waals surface area contributed by atoms with E-state index in [0.717, 1.165) is 27.1 Å². The molecule has 3 nitrogen and oxygen atoms in total. The van der Waals surface area contributed by atoms with Crippen molar-refractivity contribution in [3.8, 4) is 11.3 Å². The fourth-order valence-electron chi connectivity index (χ4n) is 1.75. The molecule has 0 radical (unpaired) electrons. The number of hydrogen-bond acceptors (Lipinski definition) is 2. The van der Waals surface area contributed by atoms with Crippen LogP contribution in [0.15, 0.2) is 47.3 Å². The van der Waals surface area contributed by atoms with Crippen LogP contribution in [-0.2, 0) is 0 Å². The van der Waals surface area contributed by atoms with Gasteiger partial charge in [0.15, 0.2) is 0 Å². The van der Waals surface area contributed by atoms with E-state index in [1.165, 1.54) is 0 Å². The van der Waals surface area contributed by atoms with Gasteiger partial charge in [-0.3, -0.25) is 4.40 Å². The summed E-state index contributed by atoms with van der Waals surface area (Å²) in [5.41, 5.74) is 3.16. The predicted octanol–water partition coefficient (Wildman–Crippen LogP) is 3.47. The number of rotatable bonds is 1. The first kappa shape index (κ1) is 10.5. The molecule has 17 heavy (non-hydrogen) atoms. The predicted molar refractivity (Wildman–Crippen MR) is 70.9 cm³/mol. The van der Waals surface area contributed by atoms with E-state index < -0.39 is 0 Å². The van der Waals surface area contributed by atoms with E-state index in [2.05, 4.69) is 25.9 Å². The van der Waals surface area contributed by atoms with Crippen LogP contribution in [0.1, 0.15) is 5.56 Å². The minimum atomic E-state index is 0.730. The van der Waals surface area contributed by atoms with E-state index in [1.807, 2.05) is 54.2 Å². The zero-order chi connectivity index (χ0) is 11.8. The van der Waals surface area contributed by atoms with Crippen molar-refractivity contribution >= 4 is 21.7 Å². The molecular formula is C13H10BrN3. The zero-order valence-corrected chi connectivity index (χ0v) is 10.8. The highest BCUT2D eigenvalue weighted by Crippen LogP contribution is 2.21. The molecule has 84 valence electrons. The van der Waals surface area contributed by atoms with E-state index in [-0.39, 0.29) is 0 Å². The third-order valence-corrected chi connectivity index (χ3v) is 3.11. The topological polar surface area (TPSA) is 30.2 Å². The van der Waals surface area contributed by atoms with Gasteiger partial charge < -0.3 is 0 Å². The molecule has 0 aliphatic heterocycles. The Hall–Kier alpha value is -1.68. The molecule has 0 aliphatic rings. The van der Waals surface area contributed by atoms with Crippen LogP contribution < -0.4 is 0 Å². The van der Waals surface area contributed by atoms with Crippen LogP contribution >= 0.6 is 15.9 Å². The van der Waals surface area contributed by atoms with Crippen molar-refractivity contribution in [3.63, 3.8) is 0 Å². The van der Waals surface area contributed by atoms with E-state index in [1.54, 1.807) is 0 Å². The van der Waals surface area contributed by atoms with Crippen molar-refractivity contribution in [1.29, 1.82) is 0 Å². The maximum absolute atomic E-state index is 4.49. The van der Waals surface area contributed by atoms with Gasteiger partial charge in [0.2, 0.25) is 5.78 Å². The number of imidazole rings is 1. The summed E-state index contributed by atoms with van der Waals surface area (Å²) in [7, 11) is 0. The fraction of sp³-hybridized carbons (Fsp3) is 0.0769. The first-order valence-corrected chi connectivity index (χ1v) is 6.09. The monoisotopic (exact) mass is 287 g/mol. The fourth-order valence-corrected chi connectivity index (χ4v) is 2.01. The molecule has 0 saturated heterocycles. The third-order valence-electron chi connectivity index (χ3n) is 2.58. The molecule has 0 N–H and O–H groups in total. The Morgan fingerprint density at radius 3 is 2.65 bits per heavy atom. The molecule has 0 bridgehead atoms. The third kappa shape index (κ3) is 1.96. The lowest BCUT2D eigenvalue weighted by Gasteiger charge is -1.95. The van der Waals surface area contributed by atoms with Crippen molar-refractivity contribution in [2.75, 3.05) is 0 Å². The molecule has 1 aromatic carbocycles. The Kier molecular flexibility index (Phi) is 2.44. The number of nitrogens with zero attached hydrogens (tertiary/aromatic N) is 3. The summed E-state index contributed by atoms with van der Waals surface area (Å²) in [6.07, 6.45) is 5.85. The number of aromatic nitrogens is 3. The van der Waals surface area contributed by atoms with Crippen LogP contribution in [0.3, 0.4) is 0 Å². The Morgan fingerprint density at radius 2 is 1.88 bits per heavy atom. The number of fused-ring (bicyclic) bond motifs is 1. The number of aryl methyl sites for hydroxylation is 1.